The number of hydrogen-bond donors (Lipinski definition) is 0. The number of imidazole rings is 1. The molecule has 1 radical (unpaired) electrons. The van der Waals surface area contributed by atoms with Gasteiger partial charge in [-0.1, -0.05) is 117 Å². The predicted octanol–water partition coefficient (Wildman–Crippen LogP) is 11.6. The molecule has 3 aromatic heterocycles. The topological polar surface area (TPSA) is 30.7 Å². The monoisotopic (exact) mass is 799 g/mol. The molecule has 0 atom stereocenters. The zero-order chi connectivity index (χ0) is 32.4. The summed E-state index contributed by atoms with van der Waals surface area (Å²) in [5, 5.41) is 4.72. The molecule has 0 saturated carbocycles. The fourth-order valence-electron chi connectivity index (χ4n) is 5.72. The maximum Gasteiger partial charge on any atom is 0.0774 e. The van der Waals surface area contributed by atoms with E-state index in [2.05, 4.69) is 109 Å². The van der Waals surface area contributed by atoms with E-state index in [9.17, 15) is 0 Å². The van der Waals surface area contributed by atoms with Crippen LogP contribution in [0.1, 0.15) is 77.3 Å². The van der Waals surface area contributed by atoms with E-state index in [-0.39, 0.29) is 20.1 Å². The summed E-state index contributed by atoms with van der Waals surface area (Å²) in [6.07, 6.45) is 1.79. The van der Waals surface area contributed by atoms with Gasteiger partial charge in [-0.2, -0.15) is 0 Å². The maximum atomic E-state index is 8.44. The molecule has 4 aromatic carbocycles. The van der Waals surface area contributed by atoms with E-state index in [1.807, 2.05) is 56.3 Å². The van der Waals surface area contributed by atoms with Crippen molar-refractivity contribution in [2.75, 3.05) is 0 Å². The van der Waals surface area contributed by atoms with Crippen molar-refractivity contribution in [3.63, 3.8) is 0 Å². The number of thiophene rings is 1. The van der Waals surface area contributed by atoms with Crippen LogP contribution < -0.4 is 0 Å². The first kappa shape index (κ1) is 32.1. The minimum absolute atomic E-state index is 0. The van der Waals surface area contributed by atoms with E-state index in [1.54, 1.807) is 17.5 Å². The van der Waals surface area contributed by atoms with Crippen LogP contribution in [0.2, 0.25) is 0 Å². The van der Waals surface area contributed by atoms with E-state index < -0.39 is 5.89 Å². The molecule has 7 aromatic rings. The fourth-order valence-corrected chi connectivity index (χ4v) is 6.60. The van der Waals surface area contributed by atoms with Gasteiger partial charge in [0.1, 0.15) is 0 Å². The number of hydrogen-bond acceptors (Lipinski definition) is 3. The molecule has 0 bridgehead atoms. The Balaban J connectivity index is 0.000000280. The Labute approximate surface area is 292 Å². The van der Waals surface area contributed by atoms with Gasteiger partial charge in [-0.3, -0.25) is 16.3 Å². The molecule has 7 rings (SSSR count). The van der Waals surface area contributed by atoms with Gasteiger partial charge in [0.25, 0.3) is 0 Å². The molecule has 5 heteroatoms. The minimum Gasteiger partial charge on any atom is -0.333 e. The van der Waals surface area contributed by atoms with Crippen molar-refractivity contribution in [3.8, 4) is 28.3 Å². The smallest absolute Gasteiger partial charge is 0.0774 e. The quantitative estimate of drug-likeness (QED) is 0.157. The van der Waals surface area contributed by atoms with Crippen molar-refractivity contribution in [2.45, 2.75) is 59.3 Å². The van der Waals surface area contributed by atoms with Gasteiger partial charge in [-0.05, 0) is 52.7 Å². The number of aromatic nitrogens is 3. The summed E-state index contributed by atoms with van der Waals surface area (Å²) >= 11 is 1.61. The Hall–Kier alpha value is -3.89. The number of para-hydroxylation sites is 3. The fraction of sp³-hybridized carbons (Fsp3) is 0.220. The van der Waals surface area contributed by atoms with Crippen LogP contribution in [0, 0.1) is 11.4 Å². The molecule has 0 spiro atoms. The first-order valence-corrected chi connectivity index (χ1v) is 16.4. The Morgan fingerprint density at radius 1 is 0.783 bits per heavy atom. The third kappa shape index (κ3) is 6.78. The Bertz CT molecular complexity index is 2030. The second-order valence-corrected chi connectivity index (χ2v) is 13.0. The van der Waals surface area contributed by atoms with Gasteiger partial charge in [-0.25, -0.2) is 0 Å². The van der Waals surface area contributed by atoms with E-state index in [0.717, 1.165) is 49.3 Å². The van der Waals surface area contributed by atoms with Crippen LogP contribution >= 0.6 is 11.3 Å². The number of pyridine rings is 1. The molecule has 0 fully saturated rings. The van der Waals surface area contributed by atoms with Crippen LogP contribution in [0.4, 0.5) is 0 Å². The molecule has 0 aliphatic carbocycles. The minimum atomic E-state index is -0.631. The standard InChI is InChI=1S/C30H31N2S.C11H8N.Ir/c1-18(2)21-14-15-24-25(17-33-28(24)16-21)30-31-26-12-7-8-13-27(26)32(30)29-22(19(3)4)10-9-11-23(29)20(5)6;1-2-6-10(7-3-1)11-8-4-5-9-12-11;/h7-16,18-20H,1-6H3;1-6,8-9H;/q2*-1;/i18D;;. The van der Waals surface area contributed by atoms with Crippen molar-refractivity contribution >= 4 is 32.5 Å². The summed E-state index contributed by atoms with van der Waals surface area (Å²) in [6, 6.07) is 38.3. The van der Waals surface area contributed by atoms with Crippen LogP contribution in [0.25, 0.3) is 49.5 Å². The maximum absolute atomic E-state index is 8.44. The molecule has 0 aliphatic heterocycles. The molecule has 0 unspecified atom stereocenters. The van der Waals surface area contributed by atoms with Crippen LogP contribution in [-0.2, 0) is 20.1 Å². The zero-order valence-corrected chi connectivity index (χ0v) is 30.3. The third-order valence-electron chi connectivity index (χ3n) is 8.09. The third-order valence-corrected chi connectivity index (χ3v) is 8.96. The first-order chi connectivity index (χ1) is 22.1. The molecular weight excluding hydrogens is 759 g/mol. The van der Waals surface area contributed by atoms with E-state index in [1.165, 1.54) is 16.8 Å². The van der Waals surface area contributed by atoms with Gasteiger partial charge in [0.2, 0.25) is 0 Å². The van der Waals surface area contributed by atoms with Crippen LogP contribution in [0.5, 0.6) is 0 Å². The summed E-state index contributed by atoms with van der Waals surface area (Å²) in [4.78, 5) is 9.37. The molecule has 235 valence electrons. The molecule has 3 nitrogen and oxygen atoms in total. The largest absolute Gasteiger partial charge is 0.333 e. The Morgan fingerprint density at radius 2 is 1.50 bits per heavy atom. The second-order valence-electron chi connectivity index (χ2n) is 12.1. The normalized spacial score (nSPS) is 11.8. The van der Waals surface area contributed by atoms with Crippen molar-refractivity contribution in [3.05, 3.63) is 137 Å². The van der Waals surface area contributed by atoms with Crippen molar-refractivity contribution in [2.24, 2.45) is 0 Å². The average Bonchev–Trinajstić information content (AvgIpc) is 3.66. The molecular formula is C41H39IrN3S-2. The number of benzene rings is 4. The van der Waals surface area contributed by atoms with Gasteiger partial charge >= 0.3 is 0 Å². The van der Waals surface area contributed by atoms with E-state index in [0.29, 0.717) is 11.8 Å². The first-order valence-electron chi connectivity index (χ1n) is 16.1. The van der Waals surface area contributed by atoms with Crippen molar-refractivity contribution < 1.29 is 21.5 Å². The van der Waals surface area contributed by atoms with E-state index in [4.69, 9.17) is 6.35 Å². The van der Waals surface area contributed by atoms with Crippen molar-refractivity contribution in [1.82, 2.24) is 14.5 Å². The van der Waals surface area contributed by atoms with E-state index >= 15 is 0 Å². The van der Waals surface area contributed by atoms with Gasteiger partial charge in [0, 0.05) is 33.4 Å². The molecule has 0 saturated heterocycles. The van der Waals surface area contributed by atoms with Gasteiger partial charge in [-0.15, -0.1) is 47.3 Å². The van der Waals surface area contributed by atoms with Crippen LogP contribution in [-0.4, -0.2) is 14.5 Å². The number of fused-ring (bicyclic) bond motifs is 2. The van der Waals surface area contributed by atoms with Crippen molar-refractivity contribution in [1.29, 1.82) is 0 Å². The van der Waals surface area contributed by atoms with Crippen LogP contribution in [0.15, 0.2) is 109 Å². The van der Waals surface area contributed by atoms with Gasteiger partial charge in [0.15, 0.2) is 0 Å². The summed E-state index contributed by atoms with van der Waals surface area (Å²) < 4.78 is 12.0. The molecule has 0 aliphatic rings. The summed E-state index contributed by atoms with van der Waals surface area (Å²) in [6.45, 7) is 12.9. The molecule has 46 heavy (non-hydrogen) atoms. The SMILES string of the molecule is [2H]C(C)(C)c1ccc2c(-c3nc4ccccc4n3-c3c(C(C)C)cccc3C(C)C)[c-]sc2c1.[Ir].[c-]1ccccc1-c1ccccn1. The molecule has 0 amide bonds. The summed E-state index contributed by atoms with van der Waals surface area (Å²) in [7, 11) is 0. The summed E-state index contributed by atoms with van der Waals surface area (Å²) in [5.41, 5.74) is 10.1. The van der Waals surface area contributed by atoms with Crippen LogP contribution in [0.3, 0.4) is 0 Å². The predicted molar refractivity (Wildman–Crippen MR) is 192 cm³/mol. The zero-order valence-electron chi connectivity index (χ0n) is 28.1. The summed E-state index contributed by atoms with van der Waals surface area (Å²) in [5.74, 6) is 1.06. The number of nitrogens with zero attached hydrogens (tertiary/aromatic N) is 3. The molecule has 0 N–H and O–H groups in total. The Morgan fingerprint density at radius 3 is 2.15 bits per heavy atom. The average molecular weight is 799 g/mol. The molecule has 3 heterocycles. The Kier molecular flexibility index (Phi) is 10.2. The van der Waals surface area contributed by atoms with Gasteiger partial charge in [0.05, 0.1) is 16.9 Å². The van der Waals surface area contributed by atoms with Gasteiger partial charge < -0.3 is 9.55 Å². The second kappa shape index (κ2) is 14.7. The number of rotatable bonds is 6.